The molecule has 138 valence electrons. The van der Waals surface area contributed by atoms with Crippen LogP contribution in [0.3, 0.4) is 0 Å². The average molecular weight is 346 g/mol. The van der Waals surface area contributed by atoms with E-state index in [2.05, 4.69) is 0 Å². The third-order valence-corrected chi connectivity index (χ3v) is 4.34. The van der Waals surface area contributed by atoms with Crippen molar-refractivity contribution in [1.82, 2.24) is 0 Å². The molecule has 0 aromatic rings. The quantitative estimate of drug-likeness (QED) is 0.291. The summed E-state index contributed by atoms with van der Waals surface area (Å²) in [5, 5.41) is 38.0. The monoisotopic (exact) mass is 346 g/mol. The van der Waals surface area contributed by atoms with Gasteiger partial charge in [-0.25, -0.2) is 4.79 Å². The van der Waals surface area contributed by atoms with Gasteiger partial charge in [0.1, 0.15) is 0 Å². The number of unbranched alkanes of at least 4 members (excludes halogenated alkanes) is 5. The summed E-state index contributed by atoms with van der Waals surface area (Å²) in [6, 6.07) is 0. The van der Waals surface area contributed by atoms with E-state index in [0.29, 0.717) is 6.42 Å². The van der Waals surface area contributed by atoms with Crippen LogP contribution >= 0.6 is 0 Å². The first-order chi connectivity index (χ1) is 11.1. The van der Waals surface area contributed by atoms with E-state index < -0.39 is 47.5 Å². The van der Waals surface area contributed by atoms with Gasteiger partial charge in [0.2, 0.25) is 0 Å². The van der Waals surface area contributed by atoms with E-state index in [4.69, 9.17) is 5.11 Å². The van der Waals surface area contributed by atoms with Crippen LogP contribution in [-0.4, -0.2) is 49.7 Å². The maximum absolute atomic E-state index is 12.0. The Bertz CT molecular complexity index is 470. The minimum atomic E-state index is -3.21. The summed E-state index contributed by atoms with van der Waals surface area (Å²) < 4.78 is 0. The van der Waals surface area contributed by atoms with Crippen LogP contribution in [-0.2, 0) is 19.2 Å². The summed E-state index contributed by atoms with van der Waals surface area (Å²) in [4.78, 5) is 46.1. The van der Waals surface area contributed by atoms with Gasteiger partial charge < -0.3 is 20.4 Å². The fourth-order valence-corrected chi connectivity index (χ4v) is 2.91. The van der Waals surface area contributed by atoms with Gasteiger partial charge in [0.05, 0.1) is 6.42 Å². The van der Waals surface area contributed by atoms with Crippen LogP contribution in [0.2, 0.25) is 0 Å². The van der Waals surface area contributed by atoms with Gasteiger partial charge >= 0.3 is 17.9 Å². The van der Waals surface area contributed by atoms with Gasteiger partial charge in [0.25, 0.3) is 0 Å². The van der Waals surface area contributed by atoms with Crippen LogP contribution in [0.25, 0.3) is 0 Å². The van der Waals surface area contributed by atoms with E-state index in [-0.39, 0.29) is 6.42 Å². The van der Waals surface area contributed by atoms with Gasteiger partial charge in [-0.05, 0) is 13.3 Å². The number of ketones is 1. The summed E-state index contributed by atoms with van der Waals surface area (Å²) in [6.45, 7) is 2.89. The topological polar surface area (TPSA) is 149 Å². The lowest BCUT2D eigenvalue weighted by Crippen LogP contribution is -2.62. The fraction of sp³-hybridized carbons (Fsp3) is 0.750. The molecule has 0 fully saturated rings. The molecule has 0 aromatic carbocycles. The number of Topliss-reactive ketones (excluding diaryl/α,β-unsaturated/α-hetero) is 1. The summed E-state index contributed by atoms with van der Waals surface area (Å²) in [6.07, 6.45) is 2.69. The summed E-state index contributed by atoms with van der Waals surface area (Å²) in [5.74, 6) is -6.63. The van der Waals surface area contributed by atoms with Crippen molar-refractivity contribution in [3.63, 3.8) is 0 Å². The van der Waals surface area contributed by atoms with Crippen molar-refractivity contribution in [2.75, 3.05) is 0 Å². The predicted octanol–water partition coefficient (Wildman–Crippen LogP) is 1.69. The molecule has 0 bridgehead atoms. The van der Waals surface area contributed by atoms with Crippen LogP contribution in [0.1, 0.15) is 65.2 Å². The van der Waals surface area contributed by atoms with Crippen molar-refractivity contribution in [2.24, 2.45) is 5.41 Å². The predicted molar refractivity (Wildman–Crippen MR) is 83.6 cm³/mol. The summed E-state index contributed by atoms with van der Waals surface area (Å²) in [7, 11) is 0. The molecule has 0 amide bonds. The molecular weight excluding hydrogens is 320 g/mol. The molecule has 0 aliphatic heterocycles. The number of rotatable bonds is 13. The van der Waals surface area contributed by atoms with Gasteiger partial charge in [0.15, 0.2) is 16.8 Å². The van der Waals surface area contributed by atoms with Crippen LogP contribution in [0.4, 0.5) is 0 Å². The van der Waals surface area contributed by atoms with E-state index in [9.17, 15) is 34.5 Å². The third-order valence-electron chi connectivity index (χ3n) is 4.34. The van der Waals surface area contributed by atoms with Crippen molar-refractivity contribution < 1.29 is 39.6 Å². The van der Waals surface area contributed by atoms with Crippen LogP contribution in [0.15, 0.2) is 0 Å². The van der Waals surface area contributed by atoms with E-state index in [1.165, 1.54) is 0 Å². The van der Waals surface area contributed by atoms with Gasteiger partial charge in [-0.15, -0.1) is 0 Å². The van der Waals surface area contributed by atoms with E-state index in [1.54, 1.807) is 0 Å². The molecule has 0 saturated heterocycles. The largest absolute Gasteiger partial charge is 0.481 e. The number of carbonyl (C=O) groups is 4. The Morgan fingerprint density at radius 2 is 1.33 bits per heavy atom. The first-order valence-electron chi connectivity index (χ1n) is 7.98. The Labute approximate surface area is 140 Å². The molecular formula is C16H26O8. The average Bonchev–Trinajstić information content (AvgIpc) is 2.44. The Hall–Kier alpha value is -1.96. The molecule has 0 saturated carbocycles. The number of carboxylic acid groups (broad SMARTS) is 3. The lowest BCUT2D eigenvalue weighted by Gasteiger charge is -2.38. The Morgan fingerprint density at radius 3 is 1.71 bits per heavy atom. The van der Waals surface area contributed by atoms with Crippen molar-refractivity contribution >= 4 is 23.7 Å². The molecule has 24 heavy (non-hydrogen) atoms. The van der Waals surface area contributed by atoms with Gasteiger partial charge in [-0.2, -0.15) is 0 Å². The number of hydrogen-bond acceptors (Lipinski definition) is 5. The number of aliphatic hydroxyl groups is 1. The van der Waals surface area contributed by atoms with Crippen LogP contribution in [0.5, 0.6) is 0 Å². The minimum Gasteiger partial charge on any atom is -0.481 e. The molecule has 4 N–H and O–H groups in total. The zero-order valence-corrected chi connectivity index (χ0v) is 14.1. The summed E-state index contributed by atoms with van der Waals surface area (Å²) in [5.41, 5.74) is -5.90. The molecule has 0 aliphatic rings. The van der Waals surface area contributed by atoms with Gasteiger partial charge in [-0.3, -0.25) is 14.4 Å². The lowest BCUT2D eigenvalue weighted by molar-refractivity contribution is -0.195. The van der Waals surface area contributed by atoms with Crippen molar-refractivity contribution in [3.05, 3.63) is 0 Å². The van der Waals surface area contributed by atoms with E-state index in [0.717, 1.165) is 32.6 Å². The first-order valence-corrected chi connectivity index (χ1v) is 7.98. The molecule has 0 spiro atoms. The molecule has 0 rings (SSSR count). The van der Waals surface area contributed by atoms with Crippen LogP contribution in [0, 0.1) is 5.41 Å². The number of carbonyl (C=O) groups excluding carboxylic acids is 1. The zero-order chi connectivity index (χ0) is 19.0. The number of carboxylic acids is 3. The Kier molecular flexibility index (Phi) is 8.60. The highest BCUT2D eigenvalue weighted by molar-refractivity contribution is 6.08. The lowest BCUT2D eigenvalue weighted by atomic mass is 9.64. The zero-order valence-electron chi connectivity index (χ0n) is 14.1. The van der Waals surface area contributed by atoms with Gasteiger partial charge in [-0.1, -0.05) is 45.4 Å². The molecule has 0 heterocycles. The molecule has 0 radical (unpaired) electrons. The number of hydrogen-bond donors (Lipinski definition) is 4. The molecule has 8 nitrogen and oxygen atoms in total. The van der Waals surface area contributed by atoms with Gasteiger partial charge in [0, 0.05) is 0 Å². The van der Waals surface area contributed by atoms with Crippen molar-refractivity contribution in [3.8, 4) is 0 Å². The SMILES string of the molecule is CCCCCCCCC(C(C)=O)(C(=O)O)C(O)(CC(=O)O)C(=O)O. The molecule has 2 unspecified atom stereocenters. The second-order valence-corrected chi connectivity index (χ2v) is 6.02. The molecule has 0 aromatic heterocycles. The maximum atomic E-state index is 12.0. The normalized spacial score (nSPS) is 16.0. The number of aliphatic carboxylic acids is 3. The third kappa shape index (κ3) is 4.77. The van der Waals surface area contributed by atoms with Crippen molar-refractivity contribution in [2.45, 2.75) is 70.8 Å². The standard InChI is InChI=1S/C16H26O8/c1-3-4-5-6-7-8-9-15(11(2)17,13(20)21)16(24,14(22)23)10-12(18)19/h24H,3-10H2,1-2H3,(H,18,19)(H,20,21)(H,22,23). The van der Waals surface area contributed by atoms with Crippen LogP contribution < -0.4 is 0 Å². The van der Waals surface area contributed by atoms with E-state index >= 15 is 0 Å². The molecule has 8 heteroatoms. The van der Waals surface area contributed by atoms with E-state index in [1.807, 2.05) is 6.92 Å². The second-order valence-electron chi connectivity index (χ2n) is 6.02. The Morgan fingerprint density at radius 1 is 0.833 bits per heavy atom. The first kappa shape index (κ1) is 22.0. The second kappa shape index (κ2) is 9.36. The minimum absolute atomic E-state index is 0.199. The highest BCUT2D eigenvalue weighted by Gasteiger charge is 2.64. The summed E-state index contributed by atoms with van der Waals surface area (Å²) >= 11 is 0. The highest BCUT2D eigenvalue weighted by atomic mass is 16.4. The fourth-order valence-electron chi connectivity index (χ4n) is 2.91. The Balaban J connectivity index is 5.54. The van der Waals surface area contributed by atoms with Crippen molar-refractivity contribution in [1.29, 1.82) is 0 Å². The maximum Gasteiger partial charge on any atom is 0.338 e. The smallest absolute Gasteiger partial charge is 0.338 e. The molecule has 2 atom stereocenters. The highest BCUT2D eigenvalue weighted by Crippen LogP contribution is 2.41. The molecule has 0 aliphatic carbocycles.